The number of rotatable bonds is 3. The van der Waals surface area contributed by atoms with Crippen molar-refractivity contribution in [3.8, 4) is 5.95 Å². The van der Waals surface area contributed by atoms with Crippen LogP contribution in [-0.4, -0.2) is 10.7 Å². The molecule has 4 nitrogen and oxygen atoms in total. The molecule has 0 atom stereocenters. The van der Waals surface area contributed by atoms with Gasteiger partial charge in [0.1, 0.15) is 11.8 Å². The van der Waals surface area contributed by atoms with Crippen molar-refractivity contribution in [2.45, 2.75) is 65.0 Å². The van der Waals surface area contributed by atoms with E-state index in [0.29, 0.717) is 5.95 Å². The highest BCUT2D eigenvalue weighted by molar-refractivity contribution is 5.14. The van der Waals surface area contributed by atoms with Crippen molar-refractivity contribution in [2.24, 2.45) is 0 Å². The van der Waals surface area contributed by atoms with E-state index in [9.17, 15) is 4.79 Å². The summed E-state index contributed by atoms with van der Waals surface area (Å²) in [6, 6.07) is 0.106. The van der Waals surface area contributed by atoms with Crippen LogP contribution in [0.5, 0.6) is 5.95 Å². The molecule has 0 aliphatic heterocycles. The molecular weight excluding hydrogens is 218 g/mol. The Balaban J connectivity index is 2.16. The molecule has 0 amide bonds. The van der Waals surface area contributed by atoms with E-state index in [1.807, 2.05) is 20.8 Å². The van der Waals surface area contributed by atoms with Crippen molar-refractivity contribution in [1.29, 1.82) is 0 Å². The van der Waals surface area contributed by atoms with Crippen LogP contribution >= 0.6 is 0 Å². The predicted molar refractivity (Wildman–Crippen MR) is 65.6 cm³/mol. The van der Waals surface area contributed by atoms with Crippen molar-refractivity contribution in [1.82, 2.24) is 4.57 Å². The van der Waals surface area contributed by atoms with E-state index in [0.717, 1.165) is 18.5 Å². The molecule has 1 saturated carbocycles. The van der Waals surface area contributed by atoms with Gasteiger partial charge >= 0.3 is 11.7 Å². The average molecular weight is 239 g/mol. The van der Waals surface area contributed by atoms with Crippen LogP contribution < -0.4 is 10.5 Å². The fraction of sp³-hybridized carbons (Fsp3) is 0.769. The molecule has 17 heavy (non-hydrogen) atoms. The molecule has 0 spiro atoms. The van der Waals surface area contributed by atoms with Gasteiger partial charge in [0.15, 0.2) is 0 Å². The lowest BCUT2D eigenvalue weighted by Gasteiger charge is -2.21. The van der Waals surface area contributed by atoms with Gasteiger partial charge in [-0.3, -0.25) is 4.57 Å². The Labute approximate surface area is 102 Å². The fourth-order valence-corrected chi connectivity index (χ4v) is 2.48. The predicted octanol–water partition coefficient (Wildman–Crippen LogP) is 3.04. The number of hydrogen-bond acceptors (Lipinski definition) is 3. The standard InChI is InChI=1S/C13H21NO3/c1-9(2)14-10(3)12(17-13(14)15)16-11-7-5-4-6-8-11/h9,11H,4-8H2,1-3H3. The fourth-order valence-electron chi connectivity index (χ4n) is 2.48. The Morgan fingerprint density at radius 1 is 1.29 bits per heavy atom. The molecule has 0 radical (unpaired) electrons. The molecule has 0 bridgehead atoms. The summed E-state index contributed by atoms with van der Waals surface area (Å²) < 4.78 is 12.6. The average Bonchev–Trinajstić information content (AvgIpc) is 2.55. The maximum Gasteiger partial charge on any atom is 0.422 e. The second-order valence-electron chi connectivity index (χ2n) is 5.08. The zero-order chi connectivity index (χ0) is 12.4. The van der Waals surface area contributed by atoms with E-state index in [2.05, 4.69) is 0 Å². The zero-order valence-electron chi connectivity index (χ0n) is 10.9. The number of aromatic nitrogens is 1. The number of nitrogens with zero attached hydrogens (tertiary/aromatic N) is 1. The first-order valence-corrected chi connectivity index (χ1v) is 6.48. The molecule has 1 aromatic rings. The van der Waals surface area contributed by atoms with Crippen LogP contribution in [-0.2, 0) is 0 Å². The van der Waals surface area contributed by atoms with E-state index in [4.69, 9.17) is 9.15 Å². The SMILES string of the molecule is Cc1c(OC2CCCCC2)oc(=O)n1C(C)C. The van der Waals surface area contributed by atoms with Gasteiger partial charge in [-0.15, -0.1) is 0 Å². The first-order chi connectivity index (χ1) is 8.09. The minimum absolute atomic E-state index is 0.106. The van der Waals surface area contributed by atoms with Crippen LogP contribution in [0.1, 0.15) is 57.7 Å². The lowest BCUT2D eigenvalue weighted by Crippen LogP contribution is -2.20. The quantitative estimate of drug-likeness (QED) is 0.814. The Hall–Kier alpha value is -1.19. The third kappa shape index (κ3) is 2.56. The topological polar surface area (TPSA) is 44.4 Å². The van der Waals surface area contributed by atoms with Gasteiger partial charge in [-0.25, -0.2) is 4.79 Å². The van der Waals surface area contributed by atoms with Gasteiger partial charge in [-0.05, 0) is 46.5 Å². The van der Waals surface area contributed by atoms with Crippen LogP contribution in [0.3, 0.4) is 0 Å². The summed E-state index contributed by atoms with van der Waals surface area (Å²) >= 11 is 0. The summed E-state index contributed by atoms with van der Waals surface area (Å²) in [6.45, 7) is 5.81. The summed E-state index contributed by atoms with van der Waals surface area (Å²) in [6.07, 6.45) is 6.05. The molecule has 96 valence electrons. The molecule has 1 aliphatic rings. The van der Waals surface area contributed by atoms with E-state index < -0.39 is 0 Å². The monoisotopic (exact) mass is 239 g/mol. The van der Waals surface area contributed by atoms with Crippen molar-refractivity contribution in [2.75, 3.05) is 0 Å². The molecule has 4 heteroatoms. The van der Waals surface area contributed by atoms with Gasteiger partial charge in [0.05, 0.1) is 0 Å². The first-order valence-electron chi connectivity index (χ1n) is 6.48. The van der Waals surface area contributed by atoms with Crippen LogP contribution in [0.15, 0.2) is 9.21 Å². The van der Waals surface area contributed by atoms with Gasteiger partial charge in [0.25, 0.3) is 0 Å². The van der Waals surface area contributed by atoms with Crippen molar-refractivity contribution in [3.05, 3.63) is 16.2 Å². The van der Waals surface area contributed by atoms with Crippen molar-refractivity contribution < 1.29 is 9.15 Å². The second kappa shape index (κ2) is 4.98. The minimum atomic E-state index is -0.316. The number of hydrogen-bond donors (Lipinski definition) is 0. The summed E-state index contributed by atoms with van der Waals surface area (Å²) in [5.41, 5.74) is 0.801. The Morgan fingerprint density at radius 3 is 2.47 bits per heavy atom. The van der Waals surface area contributed by atoms with Gasteiger partial charge in [-0.1, -0.05) is 6.42 Å². The van der Waals surface area contributed by atoms with Crippen LogP contribution in [0.25, 0.3) is 0 Å². The number of ether oxygens (including phenoxy) is 1. The van der Waals surface area contributed by atoms with Gasteiger partial charge in [-0.2, -0.15) is 0 Å². The van der Waals surface area contributed by atoms with Crippen LogP contribution in [0.2, 0.25) is 0 Å². The summed E-state index contributed by atoms with van der Waals surface area (Å²) in [5.74, 6) is 0.0962. The molecule has 1 aliphatic carbocycles. The molecule has 0 aromatic carbocycles. The van der Waals surface area contributed by atoms with E-state index in [1.165, 1.54) is 19.3 Å². The van der Waals surface area contributed by atoms with E-state index in [1.54, 1.807) is 4.57 Å². The summed E-state index contributed by atoms with van der Waals surface area (Å²) in [7, 11) is 0. The van der Waals surface area contributed by atoms with Crippen LogP contribution in [0.4, 0.5) is 0 Å². The van der Waals surface area contributed by atoms with Gasteiger partial charge in [0.2, 0.25) is 0 Å². The Morgan fingerprint density at radius 2 is 1.94 bits per heavy atom. The molecule has 0 saturated heterocycles. The first kappa shape index (κ1) is 12.3. The normalized spacial score (nSPS) is 17.6. The maximum absolute atomic E-state index is 11.7. The minimum Gasteiger partial charge on any atom is -0.460 e. The highest BCUT2D eigenvalue weighted by atomic mass is 16.6. The lowest BCUT2D eigenvalue weighted by atomic mass is 9.98. The highest BCUT2D eigenvalue weighted by Crippen LogP contribution is 2.26. The molecule has 0 N–H and O–H groups in total. The van der Waals surface area contributed by atoms with Gasteiger partial charge in [0, 0.05) is 6.04 Å². The Kier molecular flexibility index (Phi) is 3.60. The highest BCUT2D eigenvalue weighted by Gasteiger charge is 2.21. The number of oxazole rings is 1. The smallest absolute Gasteiger partial charge is 0.422 e. The van der Waals surface area contributed by atoms with Gasteiger partial charge < -0.3 is 9.15 Å². The summed E-state index contributed by atoms with van der Waals surface area (Å²) in [4.78, 5) is 11.7. The molecule has 0 unspecified atom stereocenters. The zero-order valence-corrected chi connectivity index (χ0v) is 10.9. The van der Waals surface area contributed by atoms with E-state index in [-0.39, 0.29) is 17.9 Å². The molecule has 1 fully saturated rings. The second-order valence-corrected chi connectivity index (χ2v) is 5.08. The largest absolute Gasteiger partial charge is 0.460 e. The molecule has 1 aromatic heterocycles. The lowest BCUT2D eigenvalue weighted by molar-refractivity contribution is 0.117. The third-order valence-corrected chi connectivity index (χ3v) is 3.38. The molecular formula is C13H21NO3. The van der Waals surface area contributed by atoms with Crippen LogP contribution in [0, 0.1) is 6.92 Å². The molecule has 2 rings (SSSR count). The van der Waals surface area contributed by atoms with E-state index >= 15 is 0 Å². The summed E-state index contributed by atoms with van der Waals surface area (Å²) in [5, 5.41) is 0. The molecule has 1 heterocycles. The third-order valence-electron chi connectivity index (χ3n) is 3.38. The van der Waals surface area contributed by atoms with Crippen molar-refractivity contribution in [3.63, 3.8) is 0 Å². The Bertz CT molecular complexity index is 424. The maximum atomic E-state index is 11.7. The van der Waals surface area contributed by atoms with Crippen molar-refractivity contribution >= 4 is 0 Å².